The molecular formula is C8H13N3O3S. The van der Waals surface area contributed by atoms with E-state index in [9.17, 15) is 8.42 Å². The molecule has 0 aliphatic rings. The van der Waals surface area contributed by atoms with Crippen molar-refractivity contribution in [1.29, 1.82) is 0 Å². The molecule has 0 aromatic carbocycles. The van der Waals surface area contributed by atoms with Crippen molar-refractivity contribution in [3.05, 3.63) is 18.3 Å². The first-order valence-electron chi connectivity index (χ1n) is 4.31. The van der Waals surface area contributed by atoms with Gasteiger partial charge in [-0.05, 0) is 19.1 Å². The average molecular weight is 231 g/mol. The Morgan fingerprint density at radius 2 is 2.33 bits per heavy atom. The second-order valence-corrected chi connectivity index (χ2v) is 4.77. The summed E-state index contributed by atoms with van der Waals surface area (Å²) in [6, 6.07) is 2.28. The summed E-state index contributed by atoms with van der Waals surface area (Å²) in [6.07, 6.45) is 1.41. The molecule has 0 spiro atoms. The van der Waals surface area contributed by atoms with Crippen molar-refractivity contribution >= 4 is 15.8 Å². The second-order valence-electron chi connectivity index (χ2n) is 3.09. The van der Waals surface area contributed by atoms with Gasteiger partial charge in [0.1, 0.15) is 10.7 Å². The van der Waals surface area contributed by atoms with E-state index >= 15 is 0 Å². The van der Waals surface area contributed by atoms with Crippen LogP contribution in [0.3, 0.4) is 0 Å². The van der Waals surface area contributed by atoms with Crippen molar-refractivity contribution in [2.45, 2.75) is 17.9 Å². The molecule has 0 aliphatic heterocycles. The molecule has 4 N–H and O–H groups in total. The highest BCUT2D eigenvalue weighted by Gasteiger charge is 2.19. The van der Waals surface area contributed by atoms with Gasteiger partial charge < -0.3 is 10.8 Å². The minimum Gasteiger partial charge on any atom is -0.395 e. The summed E-state index contributed by atoms with van der Waals surface area (Å²) in [7, 11) is -3.70. The van der Waals surface area contributed by atoms with E-state index in [0.717, 1.165) is 0 Å². The molecule has 1 aromatic rings. The van der Waals surface area contributed by atoms with Gasteiger partial charge in [-0.15, -0.1) is 0 Å². The maximum absolute atomic E-state index is 11.7. The molecule has 1 rings (SSSR count). The number of nitrogens with zero attached hydrogens (tertiary/aromatic N) is 1. The summed E-state index contributed by atoms with van der Waals surface area (Å²) < 4.78 is 25.6. The van der Waals surface area contributed by atoms with Crippen molar-refractivity contribution in [2.75, 3.05) is 12.3 Å². The molecule has 7 heteroatoms. The number of hydrogen-bond donors (Lipinski definition) is 3. The van der Waals surface area contributed by atoms with Crippen LogP contribution in [0.15, 0.2) is 23.2 Å². The number of rotatable bonds is 4. The lowest BCUT2D eigenvalue weighted by atomic mass is 10.4. The smallest absolute Gasteiger partial charge is 0.244 e. The van der Waals surface area contributed by atoms with Gasteiger partial charge in [-0.3, -0.25) is 0 Å². The number of sulfonamides is 1. The van der Waals surface area contributed by atoms with E-state index in [1.165, 1.54) is 18.3 Å². The first-order valence-corrected chi connectivity index (χ1v) is 5.79. The largest absolute Gasteiger partial charge is 0.395 e. The molecular weight excluding hydrogens is 218 g/mol. The van der Waals surface area contributed by atoms with Crippen LogP contribution < -0.4 is 10.5 Å². The van der Waals surface area contributed by atoms with E-state index in [4.69, 9.17) is 10.8 Å². The third kappa shape index (κ3) is 2.88. The predicted octanol–water partition coefficient (Wildman–Crippen LogP) is -0.677. The fourth-order valence-electron chi connectivity index (χ4n) is 0.996. The van der Waals surface area contributed by atoms with Gasteiger partial charge in [0.15, 0.2) is 0 Å². The van der Waals surface area contributed by atoms with Crippen LogP contribution in [0.5, 0.6) is 0 Å². The van der Waals surface area contributed by atoms with E-state index in [2.05, 4.69) is 9.71 Å². The molecule has 0 bridgehead atoms. The fourth-order valence-corrected chi connectivity index (χ4v) is 2.31. The monoisotopic (exact) mass is 231 g/mol. The highest BCUT2D eigenvalue weighted by Crippen LogP contribution is 2.14. The van der Waals surface area contributed by atoms with E-state index in [-0.39, 0.29) is 17.3 Å². The third-order valence-corrected chi connectivity index (χ3v) is 3.36. The van der Waals surface area contributed by atoms with Gasteiger partial charge in [-0.1, -0.05) is 0 Å². The highest BCUT2D eigenvalue weighted by atomic mass is 32.2. The maximum Gasteiger partial charge on any atom is 0.244 e. The zero-order chi connectivity index (χ0) is 11.5. The lowest BCUT2D eigenvalue weighted by molar-refractivity contribution is 0.265. The Kier molecular flexibility index (Phi) is 3.61. The number of aliphatic hydroxyl groups excluding tert-OH is 1. The number of aromatic nitrogens is 1. The Morgan fingerprint density at radius 1 is 1.67 bits per heavy atom. The third-order valence-electron chi connectivity index (χ3n) is 1.72. The van der Waals surface area contributed by atoms with Crippen LogP contribution in [0.25, 0.3) is 0 Å². The molecule has 1 heterocycles. The summed E-state index contributed by atoms with van der Waals surface area (Å²) in [4.78, 5) is 3.60. The van der Waals surface area contributed by atoms with Gasteiger partial charge in [0.2, 0.25) is 10.0 Å². The lowest BCUT2D eigenvalue weighted by Gasteiger charge is -2.12. The zero-order valence-corrected chi connectivity index (χ0v) is 9.03. The summed E-state index contributed by atoms with van der Waals surface area (Å²) in [5.41, 5.74) is 5.43. The average Bonchev–Trinajstić information content (AvgIpc) is 2.17. The van der Waals surface area contributed by atoms with Crippen molar-refractivity contribution in [1.82, 2.24) is 9.71 Å². The summed E-state index contributed by atoms with van der Waals surface area (Å²) in [6.45, 7) is 1.27. The molecule has 0 fully saturated rings. The second kappa shape index (κ2) is 4.56. The number of aliphatic hydroxyl groups is 1. The Balaban J connectivity index is 3.02. The van der Waals surface area contributed by atoms with Crippen LogP contribution in [0.2, 0.25) is 0 Å². The van der Waals surface area contributed by atoms with Crippen molar-refractivity contribution in [3.8, 4) is 0 Å². The number of anilines is 1. The minimum atomic E-state index is -3.70. The van der Waals surface area contributed by atoms with Crippen LogP contribution in [0.4, 0.5) is 5.82 Å². The minimum absolute atomic E-state index is 0.0601. The Labute approximate surface area is 88.2 Å². The summed E-state index contributed by atoms with van der Waals surface area (Å²) in [5, 5.41) is 8.74. The van der Waals surface area contributed by atoms with E-state index in [1.807, 2.05) is 0 Å². The van der Waals surface area contributed by atoms with Gasteiger partial charge in [0, 0.05) is 12.2 Å². The molecule has 1 aromatic heterocycles. The summed E-state index contributed by atoms with van der Waals surface area (Å²) in [5.74, 6) is -0.0601. The highest BCUT2D eigenvalue weighted by molar-refractivity contribution is 7.89. The normalized spacial score (nSPS) is 13.7. The van der Waals surface area contributed by atoms with Gasteiger partial charge in [0.25, 0.3) is 0 Å². The Hall–Kier alpha value is -1.18. The van der Waals surface area contributed by atoms with Gasteiger partial charge in [-0.2, -0.15) is 0 Å². The lowest BCUT2D eigenvalue weighted by Crippen LogP contribution is -2.35. The van der Waals surface area contributed by atoms with Crippen molar-refractivity contribution in [3.63, 3.8) is 0 Å². The number of nitrogens with one attached hydrogen (secondary N) is 1. The van der Waals surface area contributed by atoms with Crippen molar-refractivity contribution < 1.29 is 13.5 Å². The molecule has 6 nitrogen and oxygen atoms in total. The molecule has 15 heavy (non-hydrogen) atoms. The maximum atomic E-state index is 11.7. The van der Waals surface area contributed by atoms with Gasteiger partial charge in [-0.25, -0.2) is 18.1 Å². The molecule has 0 saturated heterocycles. The molecule has 0 radical (unpaired) electrons. The topological polar surface area (TPSA) is 105 Å². The Morgan fingerprint density at radius 3 is 2.87 bits per heavy atom. The molecule has 1 atom stereocenters. The number of pyridine rings is 1. The quantitative estimate of drug-likeness (QED) is 0.637. The molecule has 0 unspecified atom stereocenters. The summed E-state index contributed by atoms with van der Waals surface area (Å²) >= 11 is 0. The van der Waals surface area contributed by atoms with Crippen LogP contribution in [0.1, 0.15) is 6.92 Å². The molecule has 0 amide bonds. The fraction of sp³-hybridized carbons (Fsp3) is 0.375. The van der Waals surface area contributed by atoms with Crippen LogP contribution in [-0.4, -0.2) is 31.2 Å². The number of nitrogen functional groups attached to an aromatic ring is 1. The zero-order valence-electron chi connectivity index (χ0n) is 8.21. The standard InChI is InChI=1S/C8H13N3O3S/c1-6(5-12)11-15(13,14)7-3-2-4-10-8(7)9/h2-4,6,11-12H,5H2,1H3,(H2,9,10)/t6-/m1/s1. The first kappa shape index (κ1) is 11.9. The van der Waals surface area contributed by atoms with Crippen molar-refractivity contribution in [2.24, 2.45) is 0 Å². The van der Waals surface area contributed by atoms with Gasteiger partial charge >= 0.3 is 0 Å². The van der Waals surface area contributed by atoms with E-state index in [0.29, 0.717) is 0 Å². The molecule has 84 valence electrons. The first-order chi connectivity index (χ1) is 6.97. The van der Waals surface area contributed by atoms with Gasteiger partial charge in [0.05, 0.1) is 6.61 Å². The van der Waals surface area contributed by atoms with Crippen LogP contribution >= 0.6 is 0 Å². The number of hydrogen-bond acceptors (Lipinski definition) is 5. The van der Waals surface area contributed by atoms with Crippen LogP contribution in [0, 0.1) is 0 Å². The number of nitrogens with two attached hydrogens (primary N) is 1. The molecule has 0 saturated carbocycles. The SMILES string of the molecule is C[C@H](CO)NS(=O)(=O)c1cccnc1N. The predicted molar refractivity (Wildman–Crippen MR) is 55.5 cm³/mol. The van der Waals surface area contributed by atoms with Crippen LogP contribution in [-0.2, 0) is 10.0 Å². The Bertz CT molecular complexity index is 433. The molecule has 0 aliphatic carbocycles. The van der Waals surface area contributed by atoms with E-state index < -0.39 is 16.1 Å². The van der Waals surface area contributed by atoms with E-state index in [1.54, 1.807) is 6.92 Å².